The highest BCUT2D eigenvalue weighted by Gasteiger charge is 2.16. The van der Waals surface area contributed by atoms with E-state index in [1.54, 1.807) is 42.5 Å². The van der Waals surface area contributed by atoms with Crippen LogP contribution < -0.4 is 20.5 Å². The van der Waals surface area contributed by atoms with E-state index in [1.807, 2.05) is 0 Å². The number of nitrogens with two attached hydrogens (primary N) is 1. The maximum Gasteiger partial charge on any atom is 0.255 e. The minimum absolute atomic E-state index is 0.278. The molecule has 0 saturated carbocycles. The van der Waals surface area contributed by atoms with Gasteiger partial charge in [-0.2, -0.15) is 0 Å². The molecule has 0 aliphatic heterocycles. The first-order chi connectivity index (χ1) is 11.1. The molecule has 2 amide bonds. The Bertz CT molecular complexity index is 711. The lowest BCUT2D eigenvalue weighted by Gasteiger charge is -2.12. The van der Waals surface area contributed by atoms with Gasteiger partial charge in [-0.25, -0.2) is 0 Å². The summed E-state index contributed by atoms with van der Waals surface area (Å²) in [6, 6.07) is 11.8. The van der Waals surface area contributed by atoms with Gasteiger partial charge >= 0.3 is 0 Å². The molecule has 6 nitrogen and oxygen atoms in total. The third-order valence-electron chi connectivity index (χ3n) is 3.34. The van der Waals surface area contributed by atoms with Crippen molar-refractivity contribution < 1.29 is 19.1 Å². The second-order valence-corrected chi connectivity index (χ2v) is 4.78. The van der Waals surface area contributed by atoms with E-state index in [0.717, 1.165) is 5.56 Å². The summed E-state index contributed by atoms with van der Waals surface area (Å²) in [6.07, 6.45) is 0. The number of ether oxygens (including phenoxy) is 2. The number of methoxy groups -OCH3 is 2. The fraction of sp³-hybridized carbons (Fsp3) is 0.176. The number of benzene rings is 2. The predicted octanol–water partition coefficient (Wildman–Crippen LogP) is 1.73. The lowest BCUT2D eigenvalue weighted by atomic mass is 10.1. The number of hydrogen-bond acceptors (Lipinski definition) is 4. The molecule has 6 heteroatoms. The smallest absolute Gasteiger partial charge is 0.255 e. The maximum absolute atomic E-state index is 12.3. The molecule has 0 saturated heterocycles. The molecule has 2 aromatic carbocycles. The Morgan fingerprint density at radius 2 is 1.74 bits per heavy atom. The zero-order chi connectivity index (χ0) is 16.8. The van der Waals surface area contributed by atoms with Crippen molar-refractivity contribution in [2.45, 2.75) is 6.54 Å². The minimum Gasteiger partial charge on any atom is -0.493 e. The van der Waals surface area contributed by atoms with E-state index in [2.05, 4.69) is 5.32 Å². The standard InChI is InChI=1S/C17H18N2O4/c1-22-14-5-3-4-13(15(14)23-2)17(21)19-10-11-6-8-12(9-7-11)16(18)20/h3-9H,10H2,1-2H3,(H2,18,20)(H,19,21). The molecule has 0 aliphatic carbocycles. The number of hydrogen-bond donors (Lipinski definition) is 2. The number of primary amides is 1. The van der Waals surface area contributed by atoms with E-state index in [1.165, 1.54) is 14.2 Å². The normalized spacial score (nSPS) is 10.0. The molecule has 2 aromatic rings. The summed E-state index contributed by atoms with van der Waals surface area (Å²) >= 11 is 0. The molecule has 0 heterocycles. The van der Waals surface area contributed by atoms with Crippen LogP contribution in [0, 0.1) is 0 Å². The van der Waals surface area contributed by atoms with Crippen molar-refractivity contribution in [1.29, 1.82) is 0 Å². The van der Waals surface area contributed by atoms with Crippen molar-refractivity contribution in [2.75, 3.05) is 14.2 Å². The molecular formula is C17H18N2O4. The topological polar surface area (TPSA) is 90.6 Å². The fourth-order valence-electron chi connectivity index (χ4n) is 2.13. The van der Waals surface area contributed by atoms with Crippen LogP contribution in [0.4, 0.5) is 0 Å². The summed E-state index contributed by atoms with van der Waals surface area (Å²) in [7, 11) is 3.00. The Labute approximate surface area is 134 Å². The summed E-state index contributed by atoms with van der Waals surface area (Å²) in [5, 5.41) is 2.80. The largest absolute Gasteiger partial charge is 0.493 e. The number of nitrogens with one attached hydrogen (secondary N) is 1. The van der Waals surface area contributed by atoms with Crippen LogP contribution in [-0.4, -0.2) is 26.0 Å². The Balaban J connectivity index is 2.09. The molecule has 0 aromatic heterocycles. The molecule has 2 rings (SSSR count). The number of para-hydroxylation sites is 1. The maximum atomic E-state index is 12.3. The average Bonchev–Trinajstić information content (AvgIpc) is 2.59. The van der Waals surface area contributed by atoms with Gasteiger partial charge in [-0.3, -0.25) is 9.59 Å². The monoisotopic (exact) mass is 314 g/mol. The number of carbonyl (C=O) groups is 2. The number of amides is 2. The molecule has 3 N–H and O–H groups in total. The Morgan fingerprint density at radius 3 is 2.30 bits per heavy atom. The van der Waals surface area contributed by atoms with Crippen LogP contribution in [-0.2, 0) is 6.54 Å². The van der Waals surface area contributed by atoms with Gasteiger partial charge in [0.25, 0.3) is 5.91 Å². The van der Waals surface area contributed by atoms with Crippen LogP contribution in [0.5, 0.6) is 11.5 Å². The molecule has 120 valence electrons. The zero-order valence-corrected chi connectivity index (χ0v) is 13.0. The highest BCUT2D eigenvalue weighted by atomic mass is 16.5. The lowest BCUT2D eigenvalue weighted by Crippen LogP contribution is -2.23. The van der Waals surface area contributed by atoms with Crippen LogP contribution in [0.25, 0.3) is 0 Å². The first kappa shape index (κ1) is 16.4. The Hall–Kier alpha value is -3.02. The van der Waals surface area contributed by atoms with E-state index in [9.17, 15) is 9.59 Å². The van der Waals surface area contributed by atoms with Crippen molar-refractivity contribution in [1.82, 2.24) is 5.32 Å². The van der Waals surface area contributed by atoms with Crippen molar-refractivity contribution in [3.63, 3.8) is 0 Å². The van der Waals surface area contributed by atoms with Crippen LogP contribution >= 0.6 is 0 Å². The van der Waals surface area contributed by atoms with Crippen molar-refractivity contribution in [3.05, 3.63) is 59.2 Å². The van der Waals surface area contributed by atoms with Gasteiger partial charge in [0.05, 0.1) is 19.8 Å². The molecule has 0 bridgehead atoms. The van der Waals surface area contributed by atoms with Gasteiger partial charge in [-0.15, -0.1) is 0 Å². The summed E-state index contributed by atoms with van der Waals surface area (Å²) in [6.45, 7) is 0.318. The molecule has 0 atom stereocenters. The quantitative estimate of drug-likeness (QED) is 0.849. The van der Waals surface area contributed by atoms with Gasteiger partial charge in [-0.1, -0.05) is 18.2 Å². The average molecular weight is 314 g/mol. The Kier molecular flexibility index (Phi) is 5.19. The van der Waals surface area contributed by atoms with Gasteiger partial charge in [0, 0.05) is 12.1 Å². The third-order valence-corrected chi connectivity index (χ3v) is 3.34. The highest BCUT2D eigenvalue weighted by molar-refractivity contribution is 5.97. The molecule has 0 spiro atoms. The predicted molar refractivity (Wildman–Crippen MR) is 85.7 cm³/mol. The first-order valence-corrected chi connectivity index (χ1v) is 6.94. The van der Waals surface area contributed by atoms with Gasteiger partial charge in [0.2, 0.25) is 5.91 Å². The third kappa shape index (κ3) is 3.79. The molecule has 0 radical (unpaired) electrons. The second kappa shape index (κ2) is 7.31. The van der Waals surface area contributed by atoms with Crippen LogP contribution in [0.1, 0.15) is 26.3 Å². The van der Waals surface area contributed by atoms with E-state index < -0.39 is 5.91 Å². The van der Waals surface area contributed by atoms with Crippen LogP contribution in [0.2, 0.25) is 0 Å². The van der Waals surface area contributed by atoms with Crippen LogP contribution in [0.3, 0.4) is 0 Å². The number of carbonyl (C=O) groups excluding carboxylic acids is 2. The van der Waals surface area contributed by atoms with Crippen molar-refractivity contribution in [3.8, 4) is 11.5 Å². The molecule has 23 heavy (non-hydrogen) atoms. The first-order valence-electron chi connectivity index (χ1n) is 6.94. The summed E-state index contributed by atoms with van der Waals surface area (Å²) in [5.41, 5.74) is 6.85. The molecule has 0 unspecified atom stereocenters. The second-order valence-electron chi connectivity index (χ2n) is 4.78. The van der Waals surface area contributed by atoms with Gasteiger partial charge in [0.1, 0.15) is 0 Å². The van der Waals surface area contributed by atoms with Gasteiger partial charge < -0.3 is 20.5 Å². The highest BCUT2D eigenvalue weighted by Crippen LogP contribution is 2.30. The van der Waals surface area contributed by atoms with E-state index in [4.69, 9.17) is 15.2 Å². The van der Waals surface area contributed by atoms with Gasteiger partial charge in [-0.05, 0) is 29.8 Å². The van der Waals surface area contributed by atoms with Crippen molar-refractivity contribution >= 4 is 11.8 Å². The molecule has 0 fully saturated rings. The van der Waals surface area contributed by atoms with Crippen LogP contribution in [0.15, 0.2) is 42.5 Å². The fourth-order valence-corrected chi connectivity index (χ4v) is 2.13. The van der Waals surface area contributed by atoms with Crippen molar-refractivity contribution in [2.24, 2.45) is 5.73 Å². The lowest BCUT2D eigenvalue weighted by molar-refractivity contribution is 0.0945. The zero-order valence-electron chi connectivity index (χ0n) is 13.0. The SMILES string of the molecule is COc1cccc(C(=O)NCc2ccc(C(N)=O)cc2)c1OC. The van der Waals surface area contributed by atoms with E-state index >= 15 is 0 Å². The van der Waals surface area contributed by atoms with E-state index in [0.29, 0.717) is 29.2 Å². The van der Waals surface area contributed by atoms with Gasteiger partial charge in [0.15, 0.2) is 11.5 Å². The van der Waals surface area contributed by atoms with E-state index in [-0.39, 0.29) is 5.91 Å². The summed E-state index contributed by atoms with van der Waals surface area (Å²) in [5.74, 6) is 0.115. The molecular weight excluding hydrogens is 296 g/mol. The number of rotatable bonds is 6. The Morgan fingerprint density at radius 1 is 1.04 bits per heavy atom. The molecule has 0 aliphatic rings. The minimum atomic E-state index is -0.485. The summed E-state index contributed by atoms with van der Waals surface area (Å²) < 4.78 is 10.4. The summed E-state index contributed by atoms with van der Waals surface area (Å²) in [4.78, 5) is 23.3.